The Morgan fingerprint density at radius 2 is 1.94 bits per heavy atom. The van der Waals surface area contributed by atoms with Gasteiger partial charge in [-0.2, -0.15) is 13.2 Å². The maximum absolute atomic E-state index is 14.3. The van der Waals surface area contributed by atoms with E-state index in [1.54, 1.807) is 38.2 Å². The van der Waals surface area contributed by atoms with Crippen molar-refractivity contribution < 1.29 is 22.3 Å². The molecule has 3 aromatic rings. The summed E-state index contributed by atoms with van der Waals surface area (Å²) in [5.74, 6) is -0.207. The van der Waals surface area contributed by atoms with Gasteiger partial charge < -0.3 is 14.5 Å². The summed E-state index contributed by atoms with van der Waals surface area (Å²) in [7, 11) is 1.59. The fraction of sp³-hybridized carbons (Fsp3) is 0.375. The van der Waals surface area contributed by atoms with E-state index in [9.17, 15) is 22.4 Å². The molecule has 0 spiro atoms. The van der Waals surface area contributed by atoms with Crippen molar-refractivity contribution in [3.05, 3.63) is 70.5 Å². The Kier molecular flexibility index (Phi) is 7.06. The second-order valence-corrected chi connectivity index (χ2v) is 8.22. The molecule has 3 heterocycles. The van der Waals surface area contributed by atoms with E-state index in [1.807, 2.05) is 4.90 Å². The van der Waals surface area contributed by atoms with Crippen molar-refractivity contribution in [3.8, 4) is 11.3 Å². The van der Waals surface area contributed by atoms with Crippen molar-refractivity contribution >= 4 is 11.6 Å². The Hall–Kier alpha value is -3.47. The SMILES string of the molecule is CCN(CC(F)(F)F)c1ccc(C2CN(c3nc(-c4ccncc4F)cc(=O)n3C)CCO2)cc1. The lowest BCUT2D eigenvalue weighted by molar-refractivity contribution is -0.119. The number of morpholine rings is 1. The maximum atomic E-state index is 14.3. The molecule has 0 amide bonds. The molecule has 0 radical (unpaired) electrons. The zero-order chi connectivity index (χ0) is 25.2. The van der Waals surface area contributed by atoms with E-state index in [4.69, 9.17) is 4.74 Å². The smallest absolute Gasteiger partial charge is 0.370 e. The Balaban J connectivity index is 1.57. The van der Waals surface area contributed by atoms with Crippen LogP contribution in [0.1, 0.15) is 18.6 Å². The largest absolute Gasteiger partial charge is 0.405 e. The number of hydrogen-bond acceptors (Lipinski definition) is 6. The highest BCUT2D eigenvalue weighted by atomic mass is 19.4. The van der Waals surface area contributed by atoms with Gasteiger partial charge >= 0.3 is 6.18 Å². The monoisotopic (exact) mass is 491 g/mol. The Bertz CT molecular complexity index is 1230. The first-order valence-corrected chi connectivity index (χ1v) is 11.1. The van der Waals surface area contributed by atoms with E-state index in [2.05, 4.69) is 9.97 Å². The summed E-state index contributed by atoms with van der Waals surface area (Å²) in [6.07, 6.45) is -2.18. The van der Waals surface area contributed by atoms with Gasteiger partial charge in [0.15, 0.2) is 5.82 Å². The lowest BCUT2D eigenvalue weighted by atomic mass is 10.1. The van der Waals surface area contributed by atoms with Crippen LogP contribution in [0.3, 0.4) is 0 Å². The number of hydrogen-bond donors (Lipinski definition) is 0. The lowest BCUT2D eigenvalue weighted by Gasteiger charge is -2.35. The van der Waals surface area contributed by atoms with Crippen molar-refractivity contribution in [1.29, 1.82) is 0 Å². The highest BCUT2D eigenvalue weighted by Gasteiger charge is 2.31. The molecule has 1 atom stereocenters. The summed E-state index contributed by atoms with van der Waals surface area (Å²) >= 11 is 0. The molecule has 1 aliphatic heterocycles. The van der Waals surface area contributed by atoms with Gasteiger partial charge in [-0.25, -0.2) is 9.37 Å². The Morgan fingerprint density at radius 3 is 2.60 bits per heavy atom. The van der Waals surface area contributed by atoms with Gasteiger partial charge in [-0.1, -0.05) is 12.1 Å². The molecule has 0 bridgehead atoms. The number of alkyl halides is 3. The molecule has 35 heavy (non-hydrogen) atoms. The second kappa shape index (κ2) is 10.0. The zero-order valence-corrected chi connectivity index (χ0v) is 19.3. The van der Waals surface area contributed by atoms with Crippen molar-refractivity contribution in [3.63, 3.8) is 0 Å². The number of pyridine rings is 1. The molecule has 0 saturated carbocycles. The molecule has 7 nitrogen and oxygen atoms in total. The predicted octanol–water partition coefficient (Wildman–Crippen LogP) is 3.95. The number of ether oxygens (including phenoxy) is 1. The van der Waals surface area contributed by atoms with E-state index in [0.29, 0.717) is 31.3 Å². The van der Waals surface area contributed by atoms with E-state index in [1.165, 1.54) is 27.8 Å². The third-order valence-corrected chi connectivity index (χ3v) is 5.89. The third-order valence-electron chi connectivity index (χ3n) is 5.89. The van der Waals surface area contributed by atoms with E-state index in [-0.39, 0.29) is 29.5 Å². The van der Waals surface area contributed by atoms with Gasteiger partial charge in [0.25, 0.3) is 5.56 Å². The minimum absolute atomic E-state index is 0.179. The van der Waals surface area contributed by atoms with Crippen LogP contribution in [0, 0.1) is 5.82 Å². The molecular weight excluding hydrogens is 466 g/mol. The Morgan fingerprint density at radius 1 is 1.20 bits per heavy atom. The summed E-state index contributed by atoms with van der Waals surface area (Å²) < 4.78 is 60.1. The van der Waals surface area contributed by atoms with Gasteiger partial charge in [-0.05, 0) is 30.7 Å². The predicted molar refractivity (Wildman–Crippen MR) is 124 cm³/mol. The van der Waals surface area contributed by atoms with Crippen molar-refractivity contribution in [1.82, 2.24) is 14.5 Å². The van der Waals surface area contributed by atoms with Gasteiger partial charge in [-0.15, -0.1) is 0 Å². The quantitative estimate of drug-likeness (QED) is 0.487. The van der Waals surface area contributed by atoms with Crippen molar-refractivity contribution in [2.24, 2.45) is 7.05 Å². The van der Waals surface area contributed by atoms with Gasteiger partial charge in [0.05, 0.1) is 25.0 Å². The average Bonchev–Trinajstić information content (AvgIpc) is 2.84. The lowest BCUT2D eigenvalue weighted by Crippen LogP contribution is -2.41. The number of anilines is 2. The Labute approximate surface area is 199 Å². The first-order valence-electron chi connectivity index (χ1n) is 11.1. The van der Waals surface area contributed by atoms with Gasteiger partial charge in [0, 0.05) is 43.7 Å². The first kappa shape index (κ1) is 24.6. The molecule has 1 unspecified atom stereocenters. The van der Waals surface area contributed by atoms with E-state index in [0.717, 1.165) is 11.8 Å². The molecule has 1 aliphatic rings. The molecule has 1 saturated heterocycles. The van der Waals surface area contributed by atoms with Crippen LogP contribution >= 0.6 is 0 Å². The highest BCUT2D eigenvalue weighted by Crippen LogP contribution is 2.29. The summed E-state index contributed by atoms with van der Waals surface area (Å²) in [6, 6.07) is 9.53. The maximum Gasteiger partial charge on any atom is 0.405 e. The third kappa shape index (κ3) is 5.61. The number of nitrogens with zero attached hydrogens (tertiary/aromatic N) is 5. The van der Waals surface area contributed by atoms with Gasteiger partial charge in [0.1, 0.15) is 12.6 Å². The van der Waals surface area contributed by atoms with Crippen LogP contribution in [0.25, 0.3) is 11.3 Å². The number of aromatic nitrogens is 3. The van der Waals surface area contributed by atoms with Crippen LogP contribution in [0.2, 0.25) is 0 Å². The molecule has 1 aromatic carbocycles. The molecule has 2 aromatic heterocycles. The van der Waals surface area contributed by atoms with Crippen molar-refractivity contribution in [2.45, 2.75) is 19.2 Å². The molecular formula is C24H25F4N5O2. The summed E-state index contributed by atoms with van der Waals surface area (Å²) in [4.78, 5) is 24.0. The van der Waals surface area contributed by atoms with Crippen LogP contribution in [-0.4, -0.2) is 53.5 Å². The van der Waals surface area contributed by atoms with Gasteiger partial charge in [0.2, 0.25) is 5.95 Å². The fourth-order valence-electron chi connectivity index (χ4n) is 4.07. The number of halogens is 4. The molecule has 4 rings (SSSR count). The molecule has 11 heteroatoms. The van der Waals surface area contributed by atoms with E-state index < -0.39 is 18.5 Å². The second-order valence-electron chi connectivity index (χ2n) is 8.22. The van der Waals surface area contributed by atoms with Crippen LogP contribution in [-0.2, 0) is 11.8 Å². The standard InChI is InChI=1S/C24H25F4N5O2/c1-3-32(15-24(26,27)28)17-6-4-16(5-7-17)21-14-33(10-11-35-21)23-30-20(12-22(34)31(23)2)18-8-9-29-13-19(18)25/h4-9,12-13,21H,3,10-11,14-15H2,1-2H3. The molecule has 0 aliphatic carbocycles. The average molecular weight is 491 g/mol. The normalized spacial score (nSPS) is 16.4. The summed E-state index contributed by atoms with van der Waals surface area (Å²) in [5.41, 5.74) is 1.32. The first-order chi connectivity index (χ1) is 16.7. The van der Waals surface area contributed by atoms with E-state index >= 15 is 0 Å². The summed E-state index contributed by atoms with van der Waals surface area (Å²) in [5, 5.41) is 0. The van der Waals surface area contributed by atoms with Crippen LogP contribution in [0.4, 0.5) is 29.2 Å². The number of rotatable bonds is 6. The topological polar surface area (TPSA) is 63.5 Å². The van der Waals surface area contributed by atoms with Crippen LogP contribution in [0.15, 0.2) is 53.6 Å². The zero-order valence-electron chi connectivity index (χ0n) is 19.3. The number of benzene rings is 1. The molecule has 0 N–H and O–H groups in total. The molecule has 1 fully saturated rings. The highest BCUT2D eigenvalue weighted by molar-refractivity contribution is 5.60. The minimum Gasteiger partial charge on any atom is -0.370 e. The minimum atomic E-state index is -4.29. The van der Waals surface area contributed by atoms with Gasteiger partial charge in [-0.3, -0.25) is 14.3 Å². The fourth-order valence-corrected chi connectivity index (χ4v) is 4.07. The summed E-state index contributed by atoms with van der Waals surface area (Å²) in [6.45, 7) is 2.05. The van der Waals surface area contributed by atoms with Crippen molar-refractivity contribution in [2.75, 3.05) is 42.6 Å². The van der Waals surface area contributed by atoms with Crippen LogP contribution in [0.5, 0.6) is 0 Å². The van der Waals surface area contributed by atoms with Crippen LogP contribution < -0.4 is 15.4 Å². The molecule has 186 valence electrons.